The third kappa shape index (κ3) is 2.69. The average Bonchev–Trinajstić information content (AvgIpc) is 2.31. The maximum Gasteiger partial charge on any atom is 0.187 e. The summed E-state index contributed by atoms with van der Waals surface area (Å²) >= 11 is 0. The van der Waals surface area contributed by atoms with Gasteiger partial charge in [0.2, 0.25) is 0 Å². The van der Waals surface area contributed by atoms with Crippen molar-refractivity contribution in [1.82, 2.24) is 0 Å². The van der Waals surface area contributed by atoms with Gasteiger partial charge >= 0.3 is 0 Å². The van der Waals surface area contributed by atoms with Gasteiger partial charge < -0.3 is 5.21 Å². The number of allylic oxidation sites excluding steroid dienone is 2. The molecule has 0 spiro atoms. The summed E-state index contributed by atoms with van der Waals surface area (Å²) < 4.78 is 1.10. The highest BCUT2D eigenvalue weighted by molar-refractivity contribution is 5.91. The van der Waals surface area contributed by atoms with E-state index in [1.807, 2.05) is 36.4 Å². The topological polar surface area (TPSA) is 26.1 Å². The summed E-state index contributed by atoms with van der Waals surface area (Å²) in [5, 5.41) is 11.8. The smallest absolute Gasteiger partial charge is 0.187 e. The van der Waals surface area contributed by atoms with E-state index in [2.05, 4.69) is 6.08 Å². The minimum atomic E-state index is 0.459. The maximum absolute atomic E-state index is 11.8. The van der Waals surface area contributed by atoms with E-state index >= 15 is 0 Å². The van der Waals surface area contributed by atoms with Crippen LogP contribution in [0, 0.1) is 5.21 Å². The van der Waals surface area contributed by atoms with Crippen molar-refractivity contribution in [2.45, 2.75) is 25.8 Å². The minimum Gasteiger partial charge on any atom is -0.623 e. The fourth-order valence-corrected chi connectivity index (χ4v) is 1.76. The van der Waals surface area contributed by atoms with E-state index in [4.69, 9.17) is 0 Å². The Balaban J connectivity index is 2.12. The van der Waals surface area contributed by atoms with Crippen LogP contribution in [-0.4, -0.2) is 10.5 Å². The molecule has 0 fully saturated rings. The molecule has 2 rings (SSSR count). The lowest BCUT2D eigenvalue weighted by Gasteiger charge is -2.10. The van der Waals surface area contributed by atoms with Crippen LogP contribution in [0.3, 0.4) is 0 Å². The summed E-state index contributed by atoms with van der Waals surface area (Å²) in [4.78, 5) is 0. The van der Waals surface area contributed by atoms with Gasteiger partial charge in [0, 0.05) is 18.1 Å². The van der Waals surface area contributed by atoms with Crippen LogP contribution in [0.2, 0.25) is 0 Å². The van der Waals surface area contributed by atoms with Crippen molar-refractivity contribution in [3.63, 3.8) is 0 Å². The van der Waals surface area contributed by atoms with Crippen LogP contribution in [0.5, 0.6) is 0 Å². The minimum absolute atomic E-state index is 0.459. The molecule has 0 atom stereocenters. The lowest BCUT2D eigenvalue weighted by Crippen LogP contribution is -2.15. The van der Waals surface area contributed by atoms with E-state index in [0.717, 1.165) is 35.3 Å². The standard InChI is InChI=1S/C13H15NO/c15-14(13-9-5-2-6-10-13)11-12-7-3-1-4-8-12/h1,3-5,7-9H,2,6,10-11H2/b14-13-. The molecule has 0 bridgehead atoms. The van der Waals surface area contributed by atoms with E-state index in [9.17, 15) is 5.21 Å². The first-order chi connectivity index (χ1) is 7.36. The van der Waals surface area contributed by atoms with Crippen LogP contribution in [0.1, 0.15) is 24.8 Å². The second-order valence-electron chi connectivity index (χ2n) is 3.81. The van der Waals surface area contributed by atoms with Crippen molar-refractivity contribution in [1.29, 1.82) is 0 Å². The first-order valence-corrected chi connectivity index (χ1v) is 5.37. The molecule has 0 unspecified atom stereocenters. The second-order valence-corrected chi connectivity index (χ2v) is 3.81. The fourth-order valence-electron chi connectivity index (χ4n) is 1.76. The molecule has 1 aliphatic rings. The summed E-state index contributed by atoms with van der Waals surface area (Å²) in [7, 11) is 0. The summed E-state index contributed by atoms with van der Waals surface area (Å²) in [6.07, 6.45) is 7.14. The summed E-state index contributed by atoms with van der Waals surface area (Å²) in [6.45, 7) is 0.459. The van der Waals surface area contributed by atoms with Gasteiger partial charge in [-0.1, -0.05) is 36.4 Å². The molecule has 0 saturated heterocycles. The average molecular weight is 201 g/mol. The molecule has 0 N–H and O–H groups in total. The lowest BCUT2D eigenvalue weighted by molar-refractivity contribution is -0.475. The highest BCUT2D eigenvalue weighted by Gasteiger charge is 2.09. The fraction of sp³-hybridized carbons (Fsp3) is 0.308. The quantitative estimate of drug-likeness (QED) is 0.410. The molecule has 15 heavy (non-hydrogen) atoms. The Kier molecular flexibility index (Phi) is 3.18. The first-order valence-electron chi connectivity index (χ1n) is 5.37. The van der Waals surface area contributed by atoms with Crippen molar-refractivity contribution >= 4 is 5.71 Å². The Hall–Kier alpha value is -1.57. The zero-order valence-corrected chi connectivity index (χ0v) is 8.73. The van der Waals surface area contributed by atoms with Crippen LogP contribution in [0.4, 0.5) is 0 Å². The zero-order chi connectivity index (χ0) is 10.5. The molecule has 0 heterocycles. The van der Waals surface area contributed by atoms with Crippen molar-refractivity contribution < 1.29 is 4.74 Å². The van der Waals surface area contributed by atoms with E-state index < -0.39 is 0 Å². The van der Waals surface area contributed by atoms with E-state index in [-0.39, 0.29) is 0 Å². The highest BCUT2D eigenvalue weighted by atomic mass is 16.5. The predicted octanol–water partition coefficient (Wildman–Crippen LogP) is 2.88. The number of hydroxylamine groups is 1. The van der Waals surface area contributed by atoms with E-state index in [1.54, 1.807) is 0 Å². The van der Waals surface area contributed by atoms with Crippen molar-refractivity contribution in [3.05, 3.63) is 53.3 Å². The highest BCUT2D eigenvalue weighted by Crippen LogP contribution is 2.09. The van der Waals surface area contributed by atoms with Gasteiger partial charge in [-0.3, -0.25) is 0 Å². The predicted molar refractivity (Wildman–Crippen MR) is 61.8 cm³/mol. The van der Waals surface area contributed by atoms with Crippen molar-refractivity contribution in [2.75, 3.05) is 0 Å². The number of hydrogen-bond acceptors (Lipinski definition) is 1. The largest absolute Gasteiger partial charge is 0.623 e. The first kappa shape index (κ1) is 9.97. The molecule has 0 amide bonds. The molecule has 1 aliphatic carbocycles. The molecule has 0 radical (unpaired) electrons. The molecular weight excluding hydrogens is 186 g/mol. The third-order valence-electron chi connectivity index (χ3n) is 2.60. The van der Waals surface area contributed by atoms with Gasteiger partial charge in [-0.25, -0.2) is 4.74 Å². The molecule has 0 aliphatic heterocycles. The van der Waals surface area contributed by atoms with Gasteiger partial charge in [0.05, 0.1) is 0 Å². The van der Waals surface area contributed by atoms with Gasteiger partial charge in [-0.05, 0) is 12.8 Å². The molecule has 0 saturated carbocycles. The van der Waals surface area contributed by atoms with Crippen LogP contribution in [0.15, 0.2) is 42.5 Å². The van der Waals surface area contributed by atoms with Gasteiger partial charge in [0.25, 0.3) is 0 Å². The van der Waals surface area contributed by atoms with Gasteiger partial charge in [-0.15, -0.1) is 0 Å². The number of nitrogens with zero attached hydrogens (tertiary/aromatic N) is 1. The number of benzene rings is 1. The monoisotopic (exact) mass is 201 g/mol. The third-order valence-corrected chi connectivity index (χ3v) is 2.60. The zero-order valence-electron chi connectivity index (χ0n) is 8.73. The van der Waals surface area contributed by atoms with Crippen molar-refractivity contribution in [3.8, 4) is 0 Å². The van der Waals surface area contributed by atoms with Crippen molar-refractivity contribution in [2.24, 2.45) is 0 Å². The second kappa shape index (κ2) is 4.78. The molecule has 0 aromatic heterocycles. The van der Waals surface area contributed by atoms with Gasteiger partial charge in [-0.2, -0.15) is 0 Å². The van der Waals surface area contributed by atoms with E-state index in [1.165, 1.54) is 0 Å². The van der Waals surface area contributed by atoms with Crippen LogP contribution >= 0.6 is 0 Å². The van der Waals surface area contributed by atoms with E-state index in [0.29, 0.717) is 6.54 Å². The summed E-state index contributed by atoms with van der Waals surface area (Å²) in [6, 6.07) is 9.86. The Morgan fingerprint density at radius 3 is 2.67 bits per heavy atom. The maximum atomic E-state index is 11.8. The summed E-state index contributed by atoms with van der Waals surface area (Å²) in [5.74, 6) is 0. The lowest BCUT2D eigenvalue weighted by atomic mass is 10.1. The molecule has 78 valence electrons. The SMILES string of the molecule is [O-]/[N+](Cc1ccccc1)=C1/C=CCCC1. The molecular formula is C13H15NO. The summed E-state index contributed by atoms with van der Waals surface area (Å²) in [5.41, 5.74) is 1.98. The van der Waals surface area contributed by atoms with Crippen LogP contribution in [-0.2, 0) is 6.54 Å². The molecule has 2 heteroatoms. The Morgan fingerprint density at radius 2 is 2.00 bits per heavy atom. The number of rotatable bonds is 2. The van der Waals surface area contributed by atoms with Gasteiger partial charge in [0.1, 0.15) is 0 Å². The normalized spacial score (nSPS) is 18.9. The Labute approximate surface area is 90.1 Å². The van der Waals surface area contributed by atoms with Crippen LogP contribution < -0.4 is 0 Å². The Bertz CT molecular complexity index is 379. The number of hydrogen-bond donors (Lipinski definition) is 0. The Morgan fingerprint density at radius 1 is 1.20 bits per heavy atom. The van der Waals surface area contributed by atoms with Gasteiger partial charge in [0.15, 0.2) is 12.3 Å². The van der Waals surface area contributed by atoms with Crippen LogP contribution in [0.25, 0.3) is 0 Å². The molecule has 1 aromatic carbocycles. The molecule has 1 aromatic rings. The molecule has 2 nitrogen and oxygen atoms in total.